The number of carboxylic acid groups (broad SMARTS) is 1. The average Bonchev–Trinajstić information content (AvgIpc) is 3.19. The Balaban J connectivity index is 0.000000257. The van der Waals surface area contributed by atoms with E-state index in [2.05, 4.69) is 34.8 Å². The Morgan fingerprint density at radius 2 is 1.91 bits per heavy atom. The minimum absolute atomic E-state index is 0.0202. The van der Waals surface area contributed by atoms with Gasteiger partial charge in [-0.2, -0.15) is 5.48 Å². The van der Waals surface area contributed by atoms with E-state index in [1.165, 1.54) is 37.5 Å². The lowest BCUT2D eigenvalue weighted by Gasteiger charge is -2.05. The van der Waals surface area contributed by atoms with Crippen LogP contribution in [0.5, 0.6) is 0 Å². The molecule has 3 N–H and O–H groups in total. The third-order valence-corrected chi connectivity index (χ3v) is 5.75. The van der Waals surface area contributed by atoms with Crippen molar-refractivity contribution in [1.82, 2.24) is 10.5 Å². The smallest absolute Gasteiger partial charge is 0.347 e. The summed E-state index contributed by atoms with van der Waals surface area (Å²) < 4.78 is 13.5. The van der Waals surface area contributed by atoms with E-state index in [4.69, 9.17) is 21.5 Å². The number of carboxylic acids is 1. The number of nitrogens with zero attached hydrogens (tertiary/aromatic N) is 1. The third kappa shape index (κ3) is 9.18. The fourth-order valence-corrected chi connectivity index (χ4v) is 3.68. The lowest BCUT2D eigenvalue weighted by molar-refractivity contribution is 0.0342. The topological polar surface area (TPSA) is 101 Å². The summed E-state index contributed by atoms with van der Waals surface area (Å²) in [6.07, 6.45) is 3.62. The van der Waals surface area contributed by atoms with Crippen molar-refractivity contribution in [3.63, 3.8) is 0 Å². The molecule has 3 rings (SSSR count). The molecule has 1 amide bonds. The van der Waals surface area contributed by atoms with Crippen LogP contribution in [0.3, 0.4) is 0 Å². The van der Waals surface area contributed by atoms with Crippen LogP contribution in [0.1, 0.15) is 57.5 Å². The summed E-state index contributed by atoms with van der Waals surface area (Å²) in [5.41, 5.74) is 4.26. The highest BCUT2D eigenvalue weighted by Gasteiger charge is 2.18. The van der Waals surface area contributed by atoms with Gasteiger partial charge >= 0.3 is 5.97 Å². The van der Waals surface area contributed by atoms with Crippen LogP contribution in [0, 0.1) is 12.7 Å². The third-order valence-electron chi connectivity index (χ3n) is 4.46. The maximum atomic E-state index is 13.5. The number of carbonyl (C=O) groups excluding carboxylic acids is 1. The number of unbranched alkanes of at least 4 members (excludes halogenated alkanes) is 2. The number of rotatable bonds is 10. The van der Waals surface area contributed by atoms with Crippen LogP contribution in [-0.4, -0.2) is 28.6 Å². The van der Waals surface area contributed by atoms with E-state index in [0.29, 0.717) is 0 Å². The van der Waals surface area contributed by atoms with Gasteiger partial charge in [-0.25, -0.2) is 14.2 Å². The van der Waals surface area contributed by atoms with Gasteiger partial charge in [0.2, 0.25) is 0 Å². The predicted molar refractivity (Wildman–Crippen MR) is 132 cm³/mol. The summed E-state index contributed by atoms with van der Waals surface area (Å²) in [5, 5.41) is 11.5. The van der Waals surface area contributed by atoms with Crippen LogP contribution in [0.2, 0.25) is 5.02 Å². The van der Waals surface area contributed by atoms with Crippen molar-refractivity contribution in [2.45, 2.75) is 39.7 Å². The Kier molecular flexibility index (Phi) is 11.6. The number of hydroxylamine groups is 1. The molecule has 182 valence electrons. The summed E-state index contributed by atoms with van der Waals surface area (Å²) in [7, 11) is 0. The molecule has 0 atom stereocenters. The highest BCUT2D eigenvalue weighted by Crippen LogP contribution is 2.24. The lowest BCUT2D eigenvalue weighted by atomic mass is 10.2. The fourth-order valence-electron chi connectivity index (χ4n) is 2.71. The largest absolute Gasteiger partial charge is 0.477 e. The van der Waals surface area contributed by atoms with Gasteiger partial charge in [0.1, 0.15) is 10.7 Å². The molecule has 0 spiro atoms. The zero-order valence-electron chi connectivity index (χ0n) is 18.9. The number of amides is 1. The van der Waals surface area contributed by atoms with Gasteiger partial charge in [0.05, 0.1) is 17.9 Å². The first-order valence-electron chi connectivity index (χ1n) is 10.7. The van der Waals surface area contributed by atoms with E-state index in [-0.39, 0.29) is 26.3 Å². The number of aryl methyl sites for hydroxylation is 1. The van der Waals surface area contributed by atoms with Gasteiger partial charge in [-0.1, -0.05) is 73.0 Å². The first-order valence-corrected chi connectivity index (χ1v) is 11.9. The molecule has 0 saturated carbocycles. The zero-order chi connectivity index (χ0) is 24.9. The average molecular weight is 508 g/mol. The van der Waals surface area contributed by atoms with E-state index in [1.54, 1.807) is 0 Å². The van der Waals surface area contributed by atoms with Crippen LogP contribution in [-0.2, 0) is 11.4 Å². The molecule has 10 heteroatoms. The second-order valence-electron chi connectivity index (χ2n) is 7.18. The molecular formula is C24H27ClFN3O4S. The number of thiazole rings is 1. The molecule has 2 aromatic carbocycles. The van der Waals surface area contributed by atoms with E-state index < -0.39 is 17.7 Å². The molecular weight excluding hydrogens is 481 g/mol. The number of aromatic nitrogens is 1. The lowest BCUT2D eigenvalue weighted by Crippen LogP contribution is -2.14. The van der Waals surface area contributed by atoms with Gasteiger partial charge in [0.25, 0.3) is 5.91 Å². The first-order chi connectivity index (χ1) is 16.3. The molecule has 0 unspecified atom stereocenters. The van der Waals surface area contributed by atoms with Crippen molar-refractivity contribution in [2.24, 2.45) is 0 Å². The number of hydrogen-bond acceptors (Lipinski definition) is 6. The van der Waals surface area contributed by atoms with E-state index in [1.807, 2.05) is 18.2 Å². The Labute approximate surface area is 206 Å². The minimum atomic E-state index is -1.13. The highest BCUT2D eigenvalue weighted by atomic mass is 35.5. The first kappa shape index (κ1) is 27.4. The zero-order valence-corrected chi connectivity index (χ0v) is 20.5. The van der Waals surface area contributed by atoms with E-state index in [0.717, 1.165) is 37.0 Å². The van der Waals surface area contributed by atoms with Gasteiger partial charge in [0, 0.05) is 11.6 Å². The van der Waals surface area contributed by atoms with Crippen molar-refractivity contribution in [3.8, 4) is 0 Å². The van der Waals surface area contributed by atoms with Crippen molar-refractivity contribution in [3.05, 3.63) is 81.1 Å². The molecule has 34 heavy (non-hydrogen) atoms. The molecule has 7 nitrogen and oxygen atoms in total. The Hall–Kier alpha value is -2.85. The highest BCUT2D eigenvalue weighted by molar-refractivity contribution is 7.17. The van der Waals surface area contributed by atoms with Crippen LogP contribution in [0.4, 0.5) is 9.52 Å². The van der Waals surface area contributed by atoms with Crippen molar-refractivity contribution in [1.29, 1.82) is 0 Å². The summed E-state index contributed by atoms with van der Waals surface area (Å²) in [5.74, 6) is -2.59. The van der Waals surface area contributed by atoms with Crippen LogP contribution in [0.15, 0.2) is 48.5 Å². The number of anilines is 1. The molecule has 0 aliphatic carbocycles. The molecule has 0 saturated heterocycles. The molecule has 0 bridgehead atoms. The van der Waals surface area contributed by atoms with Gasteiger partial charge in [-0.05, 0) is 37.1 Å². The van der Waals surface area contributed by atoms with Gasteiger partial charge in [-0.3, -0.25) is 10.1 Å². The van der Waals surface area contributed by atoms with Crippen molar-refractivity contribution < 1.29 is 23.9 Å². The predicted octanol–water partition coefficient (Wildman–Crippen LogP) is 6.09. The number of aromatic carboxylic acids is 1. The number of halogens is 2. The molecule has 0 radical (unpaired) electrons. The van der Waals surface area contributed by atoms with Crippen LogP contribution >= 0.6 is 22.9 Å². The Morgan fingerprint density at radius 1 is 1.18 bits per heavy atom. The molecule has 0 fully saturated rings. The maximum Gasteiger partial charge on any atom is 0.347 e. The summed E-state index contributed by atoms with van der Waals surface area (Å²) >= 11 is 6.50. The molecule has 0 aliphatic rings. The van der Waals surface area contributed by atoms with E-state index >= 15 is 0 Å². The Morgan fingerprint density at radius 3 is 2.56 bits per heavy atom. The molecule has 1 heterocycles. The summed E-state index contributed by atoms with van der Waals surface area (Å²) in [6.45, 7) is 5.29. The molecule has 3 aromatic rings. The molecule has 0 aliphatic heterocycles. The second kappa shape index (κ2) is 14.4. The van der Waals surface area contributed by atoms with Crippen molar-refractivity contribution in [2.75, 3.05) is 11.9 Å². The minimum Gasteiger partial charge on any atom is -0.477 e. The summed E-state index contributed by atoms with van der Waals surface area (Å²) in [4.78, 5) is 32.0. The van der Waals surface area contributed by atoms with Crippen LogP contribution in [0.25, 0.3) is 0 Å². The maximum absolute atomic E-state index is 13.5. The summed E-state index contributed by atoms with van der Waals surface area (Å²) in [6, 6.07) is 13.8. The SMILES string of the molecule is CCCCCONCc1ccccc1.Cc1nc(NC(=O)c2cc(Cl)ccc2F)sc1C(=O)O. The quantitative estimate of drug-likeness (QED) is 0.227. The van der Waals surface area contributed by atoms with Crippen LogP contribution < -0.4 is 10.8 Å². The van der Waals surface area contributed by atoms with Gasteiger partial charge in [0.15, 0.2) is 5.13 Å². The number of carbonyl (C=O) groups is 2. The number of benzene rings is 2. The second-order valence-corrected chi connectivity index (χ2v) is 8.61. The van der Waals surface area contributed by atoms with Gasteiger partial charge < -0.3 is 9.94 Å². The normalized spacial score (nSPS) is 10.4. The standard InChI is InChI=1S/C12H8ClFN2O3S.C12H19NO/c1-5-9(11(18)19)20-12(15-5)16-10(17)7-4-6(13)2-3-8(7)14;1-2-3-7-10-14-13-11-12-8-5-4-6-9-12/h2-4H,1H3,(H,18,19)(H,15,16,17);4-6,8-9,13H,2-3,7,10-11H2,1H3. The Bertz CT molecular complexity index is 1080. The van der Waals surface area contributed by atoms with E-state index in [9.17, 15) is 14.0 Å². The van der Waals surface area contributed by atoms with Crippen molar-refractivity contribution >= 4 is 39.9 Å². The number of hydrogen-bond donors (Lipinski definition) is 3. The number of nitrogens with one attached hydrogen (secondary N) is 2. The monoisotopic (exact) mass is 507 g/mol. The van der Waals surface area contributed by atoms with Gasteiger partial charge in [-0.15, -0.1) is 0 Å². The molecule has 1 aromatic heterocycles. The fraction of sp³-hybridized carbons (Fsp3) is 0.292.